The van der Waals surface area contributed by atoms with E-state index in [1.807, 2.05) is 6.07 Å². The number of rotatable bonds is 8. The third-order valence-electron chi connectivity index (χ3n) is 4.29. The van der Waals surface area contributed by atoms with Crippen molar-refractivity contribution in [3.05, 3.63) is 35.9 Å². The number of aromatic nitrogens is 2. The van der Waals surface area contributed by atoms with E-state index in [1.54, 1.807) is 29.8 Å². The average Bonchev–Trinajstić information content (AvgIpc) is 3.31. The topological polar surface area (TPSA) is 94.0 Å². The molecular formula is C18H24N4O4. The van der Waals surface area contributed by atoms with Gasteiger partial charge in [0.2, 0.25) is 5.82 Å². The van der Waals surface area contributed by atoms with Crippen LogP contribution in [-0.2, 0) is 9.47 Å². The Hall–Kier alpha value is -2.45. The number of pyridine rings is 1. The molecule has 0 bridgehead atoms. The molecule has 1 fully saturated rings. The molecule has 1 aliphatic rings. The zero-order valence-corrected chi connectivity index (χ0v) is 14.9. The van der Waals surface area contributed by atoms with Crippen molar-refractivity contribution >= 4 is 17.3 Å². The van der Waals surface area contributed by atoms with Crippen molar-refractivity contribution in [3.63, 3.8) is 0 Å². The number of nitrogens with zero attached hydrogens (tertiary/aromatic N) is 2. The van der Waals surface area contributed by atoms with E-state index in [1.165, 1.54) is 0 Å². The second-order valence-electron chi connectivity index (χ2n) is 6.19. The highest BCUT2D eigenvalue weighted by molar-refractivity contribution is 6.02. The summed E-state index contributed by atoms with van der Waals surface area (Å²) in [6.45, 7) is 2.24. The molecule has 3 heterocycles. The molecule has 0 spiro atoms. The lowest BCUT2D eigenvalue weighted by Crippen LogP contribution is -2.33. The molecule has 2 aromatic heterocycles. The van der Waals surface area contributed by atoms with Gasteiger partial charge in [0.25, 0.3) is 11.8 Å². The highest BCUT2D eigenvalue weighted by Crippen LogP contribution is 2.14. The van der Waals surface area contributed by atoms with E-state index in [9.17, 15) is 9.59 Å². The van der Waals surface area contributed by atoms with Crippen LogP contribution in [0.15, 0.2) is 24.4 Å². The first-order valence-electron chi connectivity index (χ1n) is 8.84. The van der Waals surface area contributed by atoms with Gasteiger partial charge in [-0.15, -0.1) is 0 Å². The van der Waals surface area contributed by atoms with Crippen LogP contribution in [-0.4, -0.2) is 60.7 Å². The molecule has 0 aromatic carbocycles. The molecule has 0 saturated carbocycles. The maximum atomic E-state index is 12.6. The predicted molar refractivity (Wildman–Crippen MR) is 95.3 cm³/mol. The Kier molecular flexibility index (Phi) is 6.19. The van der Waals surface area contributed by atoms with Crippen LogP contribution in [0.5, 0.6) is 0 Å². The van der Waals surface area contributed by atoms with Gasteiger partial charge in [0.15, 0.2) is 5.69 Å². The lowest BCUT2D eigenvalue weighted by atomic mass is 10.2. The van der Waals surface area contributed by atoms with Gasteiger partial charge >= 0.3 is 0 Å². The first-order chi connectivity index (χ1) is 12.7. The van der Waals surface area contributed by atoms with Gasteiger partial charge in [0.1, 0.15) is 0 Å². The van der Waals surface area contributed by atoms with Crippen LogP contribution in [0.1, 0.15) is 40.4 Å². The first kappa shape index (κ1) is 18.3. The maximum Gasteiger partial charge on any atom is 0.287 e. The van der Waals surface area contributed by atoms with Crippen LogP contribution in [0, 0.1) is 0 Å². The van der Waals surface area contributed by atoms with Crippen molar-refractivity contribution in [3.8, 4) is 0 Å². The van der Waals surface area contributed by atoms with Crippen LogP contribution in [0.3, 0.4) is 0 Å². The van der Waals surface area contributed by atoms with Crippen molar-refractivity contribution in [2.24, 2.45) is 0 Å². The van der Waals surface area contributed by atoms with Crippen molar-refractivity contribution in [2.75, 3.05) is 33.4 Å². The van der Waals surface area contributed by atoms with Crippen molar-refractivity contribution in [1.29, 1.82) is 0 Å². The quantitative estimate of drug-likeness (QED) is 0.685. The van der Waals surface area contributed by atoms with Crippen LogP contribution in [0.4, 0.5) is 0 Å². The molecule has 140 valence electrons. The number of carbonyl (C=O) groups excluding carboxylic acids is 2. The Bertz CT molecular complexity index is 768. The number of carbonyl (C=O) groups is 2. The summed E-state index contributed by atoms with van der Waals surface area (Å²) < 4.78 is 12.1. The van der Waals surface area contributed by atoms with Gasteiger partial charge in [-0.05, 0) is 31.4 Å². The lowest BCUT2D eigenvalue weighted by molar-refractivity contribution is 0.0848. The van der Waals surface area contributed by atoms with Crippen molar-refractivity contribution in [2.45, 2.75) is 25.4 Å². The fourth-order valence-electron chi connectivity index (χ4n) is 2.96. The second-order valence-corrected chi connectivity index (χ2v) is 6.19. The van der Waals surface area contributed by atoms with Crippen LogP contribution in [0.2, 0.25) is 0 Å². The van der Waals surface area contributed by atoms with Gasteiger partial charge < -0.3 is 20.1 Å². The molecule has 0 radical (unpaired) electrons. The van der Waals surface area contributed by atoms with Gasteiger partial charge in [-0.3, -0.25) is 14.0 Å². The summed E-state index contributed by atoms with van der Waals surface area (Å²) in [4.78, 5) is 29.3. The van der Waals surface area contributed by atoms with E-state index in [0.29, 0.717) is 31.6 Å². The molecule has 1 unspecified atom stereocenters. The molecular weight excluding hydrogens is 336 g/mol. The lowest BCUT2D eigenvalue weighted by Gasteiger charge is -2.10. The minimum absolute atomic E-state index is 0.0498. The fourth-order valence-corrected chi connectivity index (χ4v) is 2.96. The summed E-state index contributed by atoms with van der Waals surface area (Å²) in [5.41, 5.74) is 0.837. The predicted octanol–water partition coefficient (Wildman–Crippen LogP) is 1.01. The fraction of sp³-hybridized carbons (Fsp3) is 0.500. The Morgan fingerprint density at radius 1 is 1.35 bits per heavy atom. The van der Waals surface area contributed by atoms with Gasteiger partial charge in [0.05, 0.1) is 11.6 Å². The van der Waals surface area contributed by atoms with Crippen molar-refractivity contribution < 1.29 is 19.1 Å². The minimum Gasteiger partial charge on any atom is -0.385 e. The van der Waals surface area contributed by atoms with E-state index in [-0.39, 0.29) is 29.4 Å². The first-order valence-corrected chi connectivity index (χ1v) is 8.84. The number of hydrogen-bond donors (Lipinski definition) is 2. The molecule has 1 atom stereocenters. The number of hydrogen-bond acceptors (Lipinski definition) is 5. The summed E-state index contributed by atoms with van der Waals surface area (Å²) in [5.74, 6) is -0.427. The molecule has 2 amide bonds. The Balaban J connectivity index is 1.73. The summed E-state index contributed by atoms with van der Waals surface area (Å²) in [6.07, 6.45) is 4.44. The number of imidazole rings is 1. The summed E-state index contributed by atoms with van der Waals surface area (Å²) in [5, 5.41) is 5.66. The highest BCUT2D eigenvalue weighted by Gasteiger charge is 2.22. The number of methoxy groups -OCH3 is 1. The molecule has 26 heavy (non-hydrogen) atoms. The van der Waals surface area contributed by atoms with Gasteiger partial charge in [-0.2, -0.15) is 0 Å². The zero-order valence-electron chi connectivity index (χ0n) is 14.9. The van der Waals surface area contributed by atoms with E-state index < -0.39 is 0 Å². The standard InChI is InChI=1S/C18H24N4O4/c1-25-10-5-8-19-17(23)15-14-7-2-3-9-22(14)16(21-15)18(24)20-12-13-6-4-11-26-13/h2-3,7,9,13H,4-6,8,10-12H2,1H3,(H,19,23)(H,20,24). The largest absolute Gasteiger partial charge is 0.385 e. The summed E-state index contributed by atoms with van der Waals surface area (Å²) in [7, 11) is 1.62. The second kappa shape index (κ2) is 8.77. The number of amides is 2. The molecule has 2 aromatic rings. The van der Waals surface area contributed by atoms with Crippen molar-refractivity contribution in [1.82, 2.24) is 20.0 Å². The number of ether oxygens (including phenoxy) is 2. The van der Waals surface area contributed by atoms with E-state index in [2.05, 4.69) is 15.6 Å². The third-order valence-corrected chi connectivity index (χ3v) is 4.29. The average molecular weight is 360 g/mol. The molecule has 2 N–H and O–H groups in total. The smallest absolute Gasteiger partial charge is 0.287 e. The zero-order chi connectivity index (χ0) is 18.4. The van der Waals surface area contributed by atoms with Crippen LogP contribution >= 0.6 is 0 Å². The highest BCUT2D eigenvalue weighted by atomic mass is 16.5. The molecule has 8 nitrogen and oxygen atoms in total. The van der Waals surface area contributed by atoms with Gasteiger partial charge in [-0.1, -0.05) is 6.07 Å². The SMILES string of the molecule is COCCCNC(=O)c1nc(C(=O)NCC2CCCO2)n2ccccc12. The van der Waals surface area contributed by atoms with E-state index >= 15 is 0 Å². The normalized spacial score (nSPS) is 16.7. The van der Waals surface area contributed by atoms with Crippen LogP contribution in [0.25, 0.3) is 5.52 Å². The molecule has 1 aliphatic heterocycles. The molecule has 0 aliphatic carbocycles. The molecule has 8 heteroatoms. The third kappa shape index (κ3) is 4.20. The van der Waals surface area contributed by atoms with Crippen LogP contribution < -0.4 is 10.6 Å². The minimum atomic E-state index is -0.319. The number of fused-ring (bicyclic) bond motifs is 1. The molecule has 1 saturated heterocycles. The number of nitrogens with one attached hydrogen (secondary N) is 2. The van der Waals surface area contributed by atoms with Gasteiger partial charge in [-0.25, -0.2) is 4.98 Å². The van der Waals surface area contributed by atoms with E-state index in [4.69, 9.17) is 9.47 Å². The monoisotopic (exact) mass is 360 g/mol. The Morgan fingerprint density at radius 3 is 3.00 bits per heavy atom. The Morgan fingerprint density at radius 2 is 2.23 bits per heavy atom. The summed E-state index contributed by atoms with van der Waals surface area (Å²) >= 11 is 0. The van der Waals surface area contributed by atoms with E-state index in [0.717, 1.165) is 19.4 Å². The maximum absolute atomic E-state index is 12.6. The summed E-state index contributed by atoms with van der Waals surface area (Å²) in [6, 6.07) is 5.38. The van der Waals surface area contributed by atoms with Gasteiger partial charge in [0, 0.05) is 39.6 Å². The Labute approximate surface area is 151 Å². The molecule has 3 rings (SSSR count).